The van der Waals surface area contributed by atoms with Crippen LogP contribution in [0.25, 0.3) is 0 Å². The van der Waals surface area contributed by atoms with E-state index >= 15 is 0 Å². The number of nitrogens with zero attached hydrogens (tertiary/aromatic N) is 1. The number of ether oxygens (including phenoxy) is 4. The lowest BCUT2D eigenvalue weighted by Crippen LogP contribution is -2.40. The third-order valence-electron chi connectivity index (χ3n) is 10.9. The van der Waals surface area contributed by atoms with Gasteiger partial charge in [0.25, 0.3) is 0 Å². The Balaban J connectivity index is 2.55. The fraction of sp³-hybridized carbons (Fsp3) is 0.837. The minimum atomic E-state index is -0.319. The van der Waals surface area contributed by atoms with E-state index in [2.05, 4.69) is 37.8 Å². The van der Waals surface area contributed by atoms with Crippen LogP contribution in [0.4, 0.5) is 0 Å². The van der Waals surface area contributed by atoms with Gasteiger partial charge in [0.05, 0.1) is 26.4 Å². The van der Waals surface area contributed by atoms with Crippen LogP contribution in [-0.4, -0.2) is 69.0 Å². The van der Waals surface area contributed by atoms with Crippen molar-refractivity contribution >= 4 is 11.9 Å². The van der Waals surface area contributed by atoms with Crippen LogP contribution in [0, 0.1) is 5.92 Å². The van der Waals surface area contributed by atoms with Crippen LogP contribution >= 0.6 is 0 Å². The molecule has 0 aliphatic heterocycles. The van der Waals surface area contributed by atoms with E-state index in [1.807, 2.05) is 25.1 Å². The quantitative estimate of drug-likeness (QED) is 0.0482. The van der Waals surface area contributed by atoms with Crippen molar-refractivity contribution in [2.24, 2.45) is 5.92 Å². The van der Waals surface area contributed by atoms with E-state index in [1.54, 1.807) is 0 Å². The molecule has 7 heteroatoms. The zero-order valence-corrected chi connectivity index (χ0v) is 37.2. The molecule has 0 heterocycles. The first-order valence-electron chi connectivity index (χ1n) is 23.8. The Kier molecular flexibility index (Phi) is 37.0. The van der Waals surface area contributed by atoms with Crippen molar-refractivity contribution in [3.05, 3.63) is 35.9 Å². The van der Waals surface area contributed by atoms with Gasteiger partial charge >= 0.3 is 11.9 Å². The fourth-order valence-electron chi connectivity index (χ4n) is 7.29. The molecule has 0 radical (unpaired) electrons. The van der Waals surface area contributed by atoms with Crippen molar-refractivity contribution in [3.63, 3.8) is 0 Å². The van der Waals surface area contributed by atoms with Gasteiger partial charge in [0, 0.05) is 32.5 Å². The van der Waals surface area contributed by atoms with Crippen molar-refractivity contribution in [3.8, 4) is 0 Å². The maximum absolute atomic E-state index is 12.8. The summed E-state index contributed by atoms with van der Waals surface area (Å²) in [6.07, 6.45) is 31.4. The van der Waals surface area contributed by atoms with Crippen LogP contribution in [0.1, 0.15) is 207 Å². The minimum absolute atomic E-state index is 0.0521. The van der Waals surface area contributed by atoms with Crippen molar-refractivity contribution < 1.29 is 28.5 Å². The summed E-state index contributed by atoms with van der Waals surface area (Å²) >= 11 is 0. The lowest BCUT2D eigenvalue weighted by molar-refractivity contribution is -0.153. The molecule has 0 spiro atoms. The topological polar surface area (TPSA) is 74.3 Å². The predicted molar refractivity (Wildman–Crippen MR) is 235 cm³/mol. The average Bonchev–Trinajstić information content (AvgIpc) is 3.21. The molecule has 0 saturated carbocycles. The van der Waals surface area contributed by atoms with Gasteiger partial charge in [0.1, 0.15) is 6.10 Å². The lowest BCUT2D eigenvalue weighted by atomic mass is 9.95. The summed E-state index contributed by atoms with van der Waals surface area (Å²) in [6.45, 7) is 13.7. The SMILES string of the molecule is CCCCCCCCCCCCOCC(CN(CCCCCC(=O)OCC(CCCCCC)CCCCCCCC)CCOCc1ccccc1)OC(=O)CC. The van der Waals surface area contributed by atoms with Gasteiger partial charge in [-0.25, -0.2) is 0 Å². The van der Waals surface area contributed by atoms with Crippen LogP contribution in [0.15, 0.2) is 30.3 Å². The molecular weight excluding hydrogens is 699 g/mol. The number of esters is 2. The molecule has 2 atom stereocenters. The molecule has 0 aliphatic carbocycles. The molecule has 0 bridgehead atoms. The molecule has 0 saturated heterocycles. The number of carbonyl (C=O) groups excluding carboxylic acids is 2. The van der Waals surface area contributed by atoms with Gasteiger partial charge in [-0.3, -0.25) is 14.5 Å². The van der Waals surface area contributed by atoms with Crippen molar-refractivity contribution in [1.29, 1.82) is 0 Å². The fourth-order valence-corrected chi connectivity index (χ4v) is 7.29. The first-order chi connectivity index (χ1) is 27.5. The molecule has 2 unspecified atom stereocenters. The number of rotatable bonds is 42. The average molecular weight is 788 g/mol. The van der Waals surface area contributed by atoms with E-state index in [-0.39, 0.29) is 18.0 Å². The molecule has 7 nitrogen and oxygen atoms in total. The summed E-state index contributed by atoms with van der Waals surface area (Å²) < 4.78 is 23.9. The molecule has 1 aromatic rings. The van der Waals surface area contributed by atoms with Gasteiger partial charge in [-0.05, 0) is 50.1 Å². The third-order valence-corrected chi connectivity index (χ3v) is 10.9. The van der Waals surface area contributed by atoms with Crippen molar-refractivity contribution in [1.82, 2.24) is 4.90 Å². The van der Waals surface area contributed by atoms with E-state index in [4.69, 9.17) is 18.9 Å². The van der Waals surface area contributed by atoms with Crippen molar-refractivity contribution in [2.45, 2.75) is 214 Å². The van der Waals surface area contributed by atoms with Gasteiger partial charge < -0.3 is 18.9 Å². The zero-order chi connectivity index (χ0) is 40.6. The first-order valence-corrected chi connectivity index (χ1v) is 23.8. The molecule has 56 heavy (non-hydrogen) atoms. The van der Waals surface area contributed by atoms with Crippen LogP contribution in [-0.2, 0) is 35.1 Å². The second-order valence-corrected chi connectivity index (χ2v) is 16.3. The Hall–Kier alpha value is -1.96. The van der Waals surface area contributed by atoms with Crippen LogP contribution < -0.4 is 0 Å². The highest BCUT2D eigenvalue weighted by atomic mass is 16.6. The van der Waals surface area contributed by atoms with Crippen LogP contribution in [0.2, 0.25) is 0 Å². The smallest absolute Gasteiger partial charge is 0.305 e. The number of hydrogen-bond acceptors (Lipinski definition) is 7. The van der Waals surface area contributed by atoms with E-state index in [0.29, 0.717) is 58.3 Å². The molecule has 0 fully saturated rings. The second kappa shape index (κ2) is 39.8. The minimum Gasteiger partial charge on any atom is -0.465 e. The molecule has 326 valence electrons. The largest absolute Gasteiger partial charge is 0.465 e. The molecule has 0 aromatic heterocycles. The molecule has 0 N–H and O–H groups in total. The summed E-state index contributed by atoms with van der Waals surface area (Å²) in [5, 5.41) is 0. The maximum Gasteiger partial charge on any atom is 0.305 e. The van der Waals surface area contributed by atoms with E-state index < -0.39 is 0 Å². The Bertz CT molecular complexity index is 990. The molecule has 0 amide bonds. The number of carbonyl (C=O) groups is 2. The normalized spacial score (nSPS) is 12.6. The summed E-state index contributed by atoms with van der Waals surface area (Å²) in [7, 11) is 0. The first kappa shape index (κ1) is 52.1. The van der Waals surface area contributed by atoms with Gasteiger partial charge in [0.2, 0.25) is 0 Å². The molecular formula is C49H89NO6. The van der Waals surface area contributed by atoms with E-state index in [0.717, 1.165) is 44.3 Å². The lowest BCUT2D eigenvalue weighted by Gasteiger charge is -2.27. The van der Waals surface area contributed by atoms with Crippen LogP contribution in [0.5, 0.6) is 0 Å². The Morgan fingerprint density at radius 2 is 1.11 bits per heavy atom. The number of benzene rings is 1. The van der Waals surface area contributed by atoms with Gasteiger partial charge in [-0.1, -0.05) is 186 Å². The van der Waals surface area contributed by atoms with Crippen LogP contribution in [0.3, 0.4) is 0 Å². The predicted octanol–water partition coefficient (Wildman–Crippen LogP) is 13.2. The second-order valence-electron chi connectivity index (χ2n) is 16.3. The van der Waals surface area contributed by atoms with E-state index in [9.17, 15) is 9.59 Å². The number of unbranched alkanes of at least 4 members (excludes halogenated alkanes) is 19. The summed E-state index contributed by atoms with van der Waals surface area (Å²) in [4.78, 5) is 27.5. The Morgan fingerprint density at radius 3 is 1.71 bits per heavy atom. The number of hydrogen-bond donors (Lipinski definition) is 0. The van der Waals surface area contributed by atoms with Gasteiger partial charge in [-0.2, -0.15) is 0 Å². The molecule has 0 aliphatic rings. The van der Waals surface area contributed by atoms with E-state index in [1.165, 1.54) is 135 Å². The third kappa shape index (κ3) is 33.1. The zero-order valence-electron chi connectivity index (χ0n) is 37.2. The Labute approximate surface area is 346 Å². The highest BCUT2D eigenvalue weighted by Gasteiger charge is 2.19. The summed E-state index contributed by atoms with van der Waals surface area (Å²) in [6, 6.07) is 10.3. The van der Waals surface area contributed by atoms with Gasteiger partial charge in [-0.15, -0.1) is 0 Å². The van der Waals surface area contributed by atoms with Crippen molar-refractivity contribution in [2.75, 3.05) is 46.1 Å². The summed E-state index contributed by atoms with van der Waals surface area (Å²) in [5.74, 6) is 0.253. The highest BCUT2D eigenvalue weighted by molar-refractivity contribution is 5.69. The maximum atomic E-state index is 12.8. The Morgan fingerprint density at radius 1 is 0.554 bits per heavy atom. The summed E-state index contributed by atoms with van der Waals surface area (Å²) in [5.41, 5.74) is 1.16. The molecule has 1 rings (SSSR count). The van der Waals surface area contributed by atoms with Gasteiger partial charge in [0.15, 0.2) is 0 Å². The molecule has 1 aromatic carbocycles. The highest BCUT2D eigenvalue weighted by Crippen LogP contribution is 2.20. The standard InChI is InChI=1S/C49H89NO6/c1-5-9-12-15-17-18-19-20-22-31-39-53-44-47(56-48(51)8-4)41-50(38-40-54-42-45-32-27-23-28-33-45)37-30-24-29-36-49(52)55-43-46(34-25-14-11-7-3)35-26-21-16-13-10-6-2/h23,27-28,32-33,46-47H,5-22,24-26,29-31,34-44H2,1-4H3. The monoisotopic (exact) mass is 788 g/mol.